The molecule has 1 aromatic rings. The summed E-state index contributed by atoms with van der Waals surface area (Å²) in [7, 11) is 0. The van der Waals surface area contributed by atoms with Gasteiger partial charge in [-0.2, -0.15) is 0 Å². The van der Waals surface area contributed by atoms with E-state index in [4.69, 9.17) is 4.74 Å². The van der Waals surface area contributed by atoms with Gasteiger partial charge >= 0.3 is 5.97 Å². The van der Waals surface area contributed by atoms with Gasteiger partial charge in [-0.05, 0) is 18.7 Å². The van der Waals surface area contributed by atoms with Crippen LogP contribution in [0.1, 0.15) is 19.4 Å². The van der Waals surface area contributed by atoms with E-state index in [9.17, 15) is 9.90 Å². The predicted molar refractivity (Wildman–Crippen MR) is 69.9 cm³/mol. The van der Waals surface area contributed by atoms with Crippen LogP contribution < -0.4 is 0 Å². The van der Waals surface area contributed by atoms with Gasteiger partial charge in [0.2, 0.25) is 0 Å². The summed E-state index contributed by atoms with van der Waals surface area (Å²) in [6, 6.07) is 9.62. The Morgan fingerprint density at radius 3 is 2.47 bits per heavy atom. The third-order valence-electron chi connectivity index (χ3n) is 2.79. The fourth-order valence-corrected chi connectivity index (χ4v) is 2.61. The highest BCUT2D eigenvalue weighted by molar-refractivity contribution is 7.99. The molecule has 0 radical (unpaired) electrons. The van der Waals surface area contributed by atoms with Crippen LogP contribution in [0.2, 0.25) is 0 Å². The molecule has 94 valence electrons. The minimum atomic E-state index is -0.612. The van der Waals surface area contributed by atoms with E-state index in [0.717, 1.165) is 5.56 Å². The molecule has 1 N–H and O–H groups in total. The van der Waals surface area contributed by atoms with Gasteiger partial charge in [0.15, 0.2) is 0 Å². The van der Waals surface area contributed by atoms with Crippen LogP contribution >= 0.6 is 11.8 Å². The molecule has 0 aliphatic carbocycles. The number of hydrogen-bond donors (Lipinski definition) is 1. The van der Waals surface area contributed by atoms with E-state index in [1.54, 1.807) is 6.92 Å². The number of aliphatic hydroxyl groups is 1. The van der Waals surface area contributed by atoms with Crippen LogP contribution in [0.15, 0.2) is 30.3 Å². The van der Waals surface area contributed by atoms with Crippen molar-refractivity contribution in [3.05, 3.63) is 35.9 Å². The van der Waals surface area contributed by atoms with E-state index in [-0.39, 0.29) is 12.6 Å². The molecule has 0 heterocycles. The topological polar surface area (TPSA) is 46.5 Å². The molecule has 0 aliphatic heterocycles. The van der Waals surface area contributed by atoms with Gasteiger partial charge in [-0.15, -0.1) is 11.8 Å². The normalized spacial score (nSPS) is 16.0. The predicted octanol–water partition coefficient (Wildman–Crippen LogP) is 2.19. The third-order valence-corrected chi connectivity index (χ3v) is 4.21. The Hall–Kier alpha value is -1.00. The van der Waals surface area contributed by atoms with Crippen molar-refractivity contribution in [2.24, 2.45) is 0 Å². The number of rotatable bonds is 5. The molecule has 0 saturated heterocycles. The molecule has 0 saturated carbocycles. The van der Waals surface area contributed by atoms with Gasteiger partial charge in [0.25, 0.3) is 0 Å². The minimum absolute atomic E-state index is 0.172. The van der Waals surface area contributed by atoms with Crippen molar-refractivity contribution in [2.75, 3.05) is 12.9 Å². The molecule has 0 bridgehead atoms. The lowest BCUT2D eigenvalue weighted by Gasteiger charge is -2.34. The van der Waals surface area contributed by atoms with Crippen molar-refractivity contribution in [1.29, 1.82) is 0 Å². The molecule has 17 heavy (non-hydrogen) atoms. The van der Waals surface area contributed by atoms with Gasteiger partial charge in [0.05, 0.1) is 6.10 Å². The van der Waals surface area contributed by atoms with Gasteiger partial charge < -0.3 is 9.84 Å². The summed E-state index contributed by atoms with van der Waals surface area (Å²) in [5.74, 6) is -0.333. The summed E-state index contributed by atoms with van der Waals surface area (Å²) in [5, 5.41) is 10.0. The van der Waals surface area contributed by atoms with E-state index in [0.29, 0.717) is 0 Å². The highest BCUT2D eigenvalue weighted by Gasteiger charge is 2.37. The summed E-state index contributed by atoms with van der Waals surface area (Å²) in [6.07, 6.45) is 1.29. The van der Waals surface area contributed by atoms with Crippen LogP contribution in [0, 0.1) is 0 Å². The van der Waals surface area contributed by atoms with Gasteiger partial charge in [-0.25, -0.2) is 0 Å². The van der Waals surface area contributed by atoms with Crippen LogP contribution in [0.25, 0.3) is 0 Å². The van der Waals surface area contributed by atoms with E-state index in [2.05, 4.69) is 0 Å². The standard InChI is InChI=1S/C13H18O3S/c1-10(14)13(17-3,9-16-11(2)15)12-7-5-4-6-8-12/h4-8,10,14H,9H2,1-3H3/t10-,13+/m0/s1. The maximum atomic E-state index is 10.9. The summed E-state index contributed by atoms with van der Waals surface area (Å²) in [4.78, 5) is 10.9. The van der Waals surface area contributed by atoms with Crippen molar-refractivity contribution < 1.29 is 14.6 Å². The highest BCUT2D eigenvalue weighted by atomic mass is 32.2. The van der Waals surface area contributed by atoms with E-state index in [1.807, 2.05) is 36.6 Å². The first-order chi connectivity index (χ1) is 8.03. The first kappa shape index (κ1) is 14.1. The first-order valence-electron chi connectivity index (χ1n) is 5.45. The number of benzene rings is 1. The number of carbonyl (C=O) groups excluding carboxylic acids is 1. The summed E-state index contributed by atoms with van der Waals surface area (Å²) in [6.45, 7) is 3.26. The van der Waals surface area contributed by atoms with Crippen LogP contribution in [0.5, 0.6) is 0 Å². The Kier molecular flexibility index (Phi) is 5.02. The van der Waals surface area contributed by atoms with Crippen molar-refractivity contribution in [2.45, 2.75) is 24.7 Å². The number of hydrogen-bond acceptors (Lipinski definition) is 4. The second-order valence-electron chi connectivity index (χ2n) is 3.92. The van der Waals surface area contributed by atoms with Gasteiger partial charge in [-0.3, -0.25) is 4.79 Å². The van der Waals surface area contributed by atoms with Crippen molar-refractivity contribution in [3.8, 4) is 0 Å². The fraction of sp³-hybridized carbons (Fsp3) is 0.462. The van der Waals surface area contributed by atoms with Crippen molar-refractivity contribution >= 4 is 17.7 Å². The minimum Gasteiger partial charge on any atom is -0.464 e. The monoisotopic (exact) mass is 254 g/mol. The lowest BCUT2D eigenvalue weighted by Crippen LogP contribution is -2.39. The molecule has 0 aromatic heterocycles. The zero-order valence-corrected chi connectivity index (χ0v) is 11.2. The Balaban J connectivity index is 3.04. The second-order valence-corrected chi connectivity index (χ2v) is 5.05. The van der Waals surface area contributed by atoms with Crippen molar-refractivity contribution in [1.82, 2.24) is 0 Å². The van der Waals surface area contributed by atoms with Crippen LogP contribution in [-0.4, -0.2) is 30.0 Å². The average molecular weight is 254 g/mol. The maximum Gasteiger partial charge on any atom is 0.302 e. The lowest BCUT2D eigenvalue weighted by atomic mass is 9.94. The molecule has 0 amide bonds. The zero-order valence-electron chi connectivity index (χ0n) is 10.3. The first-order valence-corrected chi connectivity index (χ1v) is 6.67. The van der Waals surface area contributed by atoms with Gasteiger partial charge in [-0.1, -0.05) is 30.3 Å². The molecule has 0 unspecified atom stereocenters. The maximum absolute atomic E-state index is 10.9. The fourth-order valence-electron chi connectivity index (χ4n) is 1.72. The highest BCUT2D eigenvalue weighted by Crippen LogP contribution is 2.38. The van der Waals surface area contributed by atoms with E-state index in [1.165, 1.54) is 18.7 Å². The molecule has 0 fully saturated rings. The van der Waals surface area contributed by atoms with Gasteiger partial charge in [0.1, 0.15) is 11.4 Å². The van der Waals surface area contributed by atoms with Gasteiger partial charge in [0, 0.05) is 6.92 Å². The number of thioether (sulfide) groups is 1. The zero-order chi connectivity index (χ0) is 12.9. The Labute approximate surface area is 106 Å². The smallest absolute Gasteiger partial charge is 0.302 e. The number of carbonyl (C=O) groups is 1. The summed E-state index contributed by atoms with van der Waals surface area (Å²) in [5.41, 5.74) is 0.962. The van der Waals surface area contributed by atoms with E-state index >= 15 is 0 Å². The molecule has 2 atom stereocenters. The van der Waals surface area contributed by atoms with Crippen LogP contribution in [0.3, 0.4) is 0 Å². The number of esters is 1. The summed E-state index contributed by atoms with van der Waals surface area (Å²) < 4.78 is 4.49. The molecule has 1 rings (SSSR count). The number of aliphatic hydroxyl groups excluding tert-OH is 1. The second kappa shape index (κ2) is 6.07. The molecule has 3 nitrogen and oxygen atoms in total. The molecule has 0 spiro atoms. The quantitative estimate of drug-likeness (QED) is 0.818. The average Bonchev–Trinajstić information content (AvgIpc) is 2.31. The van der Waals surface area contributed by atoms with Crippen LogP contribution in [-0.2, 0) is 14.3 Å². The molecule has 1 aromatic carbocycles. The van der Waals surface area contributed by atoms with Crippen LogP contribution in [0.4, 0.5) is 0 Å². The number of ether oxygens (including phenoxy) is 1. The summed E-state index contributed by atoms with van der Waals surface area (Å²) >= 11 is 1.49. The molecular weight excluding hydrogens is 236 g/mol. The largest absolute Gasteiger partial charge is 0.464 e. The molecule has 0 aliphatic rings. The third kappa shape index (κ3) is 3.23. The Morgan fingerprint density at radius 1 is 1.47 bits per heavy atom. The Morgan fingerprint density at radius 2 is 2.06 bits per heavy atom. The lowest BCUT2D eigenvalue weighted by molar-refractivity contribution is -0.142. The SMILES string of the molecule is CS[C@@](COC(C)=O)(c1ccccc1)[C@H](C)O. The van der Waals surface area contributed by atoms with Crippen molar-refractivity contribution in [3.63, 3.8) is 0 Å². The molecular formula is C13H18O3S. The van der Waals surface area contributed by atoms with E-state index < -0.39 is 10.9 Å². The Bertz CT molecular complexity index is 364. The molecule has 4 heteroatoms.